The molecule has 0 atom stereocenters. The Bertz CT molecular complexity index is 1450. The van der Waals surface area contributed by atoms with E-state index in [1.54, 1.807) is 53.4 Å². The number of nitrogens with two attached hydrogens (primary N) is 2. The van der Waals surface area contributed by atoms with Crippen molar-refractivity contribution in [3.63, 3.8) is 0 Å². The van der Waals surface area contributed by atoms with Gasteiger partial charge in [0.2, 0.25) is 11.5 Å². The van der Waals surface area contributed by atoms with E-state index in [0.29, 0.717) is 37.6 Å². The molecule has 2 aromatic carbocycles. The number of hydrogen-bond acceptors (Lipinski definition) is 6. The first kappa shape index (κ1) is 26.6. The highest BCUT2D eigenvalue weighted by Crippen LogP contribution is 2.35. The van der Waals surface area contributed by atoms with Crippen LogP contribution < -0.4 is 22.1 Å². The Balaban J connectivity index is 1.97. The highest BCUT2D eigenvalue weighted by molar-refractivity contribution is 6.37. The lowest BCUT2D eigenvalue weighted by Gasteiger charge is -2.28. The summed E-state index contributed by atoms with van der Waals surface area (Å²) >= 11 is 19.0. The lowest BCUT2D eigenvalue weighted by atomic mass is 10.1. The van der Waals surface area contributed by atoms with Crippen LogP contribution in [-0.2, 0) is 4.74 Å². The number of aromatic amines is 1. The van der Waals surface area contributed by atoms with Gasteiger partial charge in [0, 0.05) is 40.2 Å². The van der Waals surface area contributed by atoms with Gasteiger partial charge in [-0.2, -0.15) is 5.10 Å². The van der Waals surface area contributed by atoms with Crippen molar-refractivity contribution in [1.82, 2.24) is 4.98 Å². The molecule has 0 spiro atoms. The molecule has 0 fully saturated rings. The molecule has 184 valence electrons. The molecule has 0 aliphatic rings. The predicted octanol–water partition coefficient (Wildman–Crippen LogP) is 5.60. The average molecular weight is 544 g/mol. The van der Waals surface area contributed by atoms with Crippen molar-refractivity contribution in [2.24, 2.45) is 21.9 Å². The maximum Gasteiger partial charge on any atom is 0.248 e. The van der Waals surface area contributed by atoms with Crippen LogP contribution in [-0.4, -0.2) is 16.7 Å². The number of rotatable bonds is 7. The van der Waals surface area contributed by atoms with E-state index in [4.69, 9.17) is 51.2 Å². The predicted molar refractivity (Wildman–Crippen MR) is 149 cm³/mol. The number of halogens is 3. The summed E-state index contributed by atoms with van der Waals surface area (Å²) in [5, 5.41) is 8.77. The maximum absolute atomic E-state index is 11.6. The zero-order valence-corrected chi connectivity index (χ0v) is 21.1. The molecule has 0 bridgehead atoms. The Hall–Kier alpha value is -3.98. The summed E-state index contributed by atoms with van der Waals surface area (Å²) in [5.41, 5.74) is 1.65. The fourth-order valence-corrected chi connectivity index (χ4v) is 3.85. The average Bonchev–Trinajstić information content (AvgIpc) is 2.86. The SMILES string of the molecule is C=C(OC(/C=C/C(=N/N)N(C(=C)c1ccc(Cl)cc1Cl)c1ccccc1Cl)=N\N)c1cc[nH]c(=O)c1. The van der Waals surface area contributed by atoms with Crippen molar-refractivity contribution >= 4 is 63.7 Å². The van der Waals surface area contributed by atoms with Gasteiger partial charge in [0.15, 0.2) is 5.84 Å². The van der Waals surface area contributed by atoms with Gasteiger partial charge >= 0.3 is 0 Å². The highest BCUT2D eigenvalue weighted by Gasteiger charge is 2.21. The Kier molecular flexibility index (Phi) is 8.97. The van der Waals surface area contributed by atoms with E-state index in [-0.39, 0.29) is 23.1 Å². The van der Waals surface area contributed by atoms with Crippen LogP contribution in [0.1, 0.15) is 11.1 Å². The van der Waals surface area contributed by atoms with E-state index in [9.17, 15) is 4.79 Å². The number of nitrogens with one attached hydrogen (secondary N) is 1. The molecule has 0 amide bonds. The van der Waals surface area contributed by atoms with Crippen molar-refractivity contribution in [1.29, 1.82) is 0 Å². The van der Waals surface area contributed by atoms with E-state index in [1.807, 2.05) is 0 Å². The van der Waals surface area contributed by atoms with Crippen LogP contribution in [0.5, 0.6) is 0 Å². The van der Waals surface area contributed by atoms with E-state index in [2.05, 4.69) is 28.3 Å². The molecule has 5 N–H and O–H groups in total. The number of amidine groups is 1. The summed E-state index contributed by atoms with van der Waals surface area (Å²) in [6.07, 6.45) is 4.38. The third kappa shape index (κ3) is 6.37. The number of para-hydroxylation sites is 1. The van der Waals surface area contributed by atoms with Crippen LogP contribution >= 0.6 is 34.8 Å². The van der Waals surface area contributed by atoms with Crippen molar-refractivity contribution in [3.05, 3.63) is 123 Å². The largest absolute Gasteiger partial charge is 0.438 e. The molecular formula is C25H21Cl3N6O2. The van der Waals surface area contributed by atoms with E-state index in [0.717, 1.165) is 0 Å². The minimum atomic E-state index is -0.314. The second kappa shape index (κ2) is 12.1. The first-order valence-electron chi connectivity index (χ1n) is 10.2. The van der Waals surface area contributed by atoms with Crippen LogP contribution in [0.3, 0.4) is 0 Å². The van der Waals surface area contributed by atoms with Crippen molar-refractivity contribution < 1.29 is 4.74 Å². The number of pyridine rings is 1. The molecule has 11 heteroatoms. The van der Waals surface area contributed by atoms with Gasteiger partial charge in [0.05, 0.1) is 15.7 Å². The third-order valence-electron chi connectivity index (χ3n) is 4.79. The van der Waals surface area contributed by atoms with Crippen molar-refractivity contribution in [3.8, 4) is 0 Å². The smallest absolute Gasteiger partial charge is 0.248 e. The Morgan fingerprint density at radius 1 is 0.972 bits per heavy atom. The fraction of sp³-hybridized carbons (Fsp3) is 0. The summed E-state index contributed by atoms with van der Waals surface area (Å²) in [6.45, 7) is 7.99. The second-order valence-corrected chi connectivity index (χ2v) is 8.36. The minimum Gasteiger partial charge on any atom is -0.438 e. The highest BCUT2D eigenvalue weighted by atomic mass is 35.5. The van der Waals surface area contributed by atoms with Crippen LogP contribution in [0, 0.1) is 0 Å². The molecule has 0 unspecified atom stereocenters. The van der Waals surface area contributed by atoms with Crippen molar-refractivity contribution in [2.75, 3.05) is 4.90 Å². The van der Waals surface area contributed by atoms with E-state index >= 15 is 0 Å². The number of benzene rings is 2. The zero-order valence-electron chi connectivity index (χ0n) is 18.8. The van der Waals surface area contributed by atoms with Gasteiger partial charge in [-0.3, -0.25) is 9.69 Å². The lowest BCUT2D eigenvalue weighted by molar-refractivity contribution is 0.510. The van der Waals surface area contributed by atoms with Gasteiger partial charge in [0.1, 0.15) is 5.76 Å². The van der Waals surface area contributed by atoms with E-state index < -0.39 is 0 Å². The Labute approximate surface area is 222 Å². The van der Waals surface area contributed by atoms with Gasteiger partial charge in [-0.1, -0.05) is 60.1 Å². The number of H-pyrrole nitrogens is 1. The van der Waals surface area contributed by atoms with Crippen LogP contribution in [0.4, 0.5) is 5.69 Å². The molecule has 0 saturated carbocycles. The van der Waals surface area contributed by atoms with Crippen LogP contribution in [0.25, 0.3) is 11.5 Å². The zero-order chi connectivity index (χ0) is 26.2. The molecule has 0 aliphatic carbocycles. The molecular weight excluding hydrogens is 523 g/mol. The monoisotopic (exact) mass is 542 g/mol. The molecule has 1 aromatic heterocycles. The second-order valence-electron chi connectivity index (χ2n) is 7.11. The van der Waals surface area contributed by atoms with Gasteiger partial charge in [-0.25, -0.2) is 0 Å². The van der Waals surface area contributed by atoms with Gasteiger partial charge < -0.3 is 21.4 Å². The molecule has 8 nitrogen and oxygen atoms in total. The first-order chi connectivity index (χ1) is 17.2. The lowest BCUT2D eigenvalue weighted by Crippen LogP contribution is -2.29. The van der Waals surface area contributed by atoms with E-state index in [1.165, 1.54) is 24.4 Å². The normalized spacial score (nSPS) is 12.0. The first-order valence-corrected chi connectivity index (χ1v) is 11.4. The fourth-order valence-electron chi connectivity index (χ4n) is 3.11. The Morgan fingerprint density at radius 3 is 2.36 bits per heavy atom. The van der Waals surface area contributed by atoms with Gasteiger partial charge in [0.25, 0.3) is 0 Å². The summed E-state index contributed by atoms with van der Waals surface area (Å²) in [7, 11) is 0. The molecule has 3 aromatic rings. The number of hydrogen-bond donors (Lipinski definition) is 3. The number of nitrogens with zero attached hydrogens (tertiary/aromatic N) is 3. The molecule has 1 heterocycles. The van der Waals surface area contributed by atoms with Gasteiger partial charge in [-0.15, -0.1) is 5.10 Å². The minimum absolute atomic E-state index is 0.0318. The summed E-state index contributed by atoms with van der Waals surface area (Å²) in [4.78, 5) is 15.7. The molecule has 3 rings (SSSR count). The molecule has 0 radical (unpaired) electrons. The number of aromatic nitrogens is 1. The number of anilines is 1. The molecule has 0 saturated heterocycles. The standard InChI is InChI=1S/C25H21Cl3N6O2/c1-15(19-8-7-18(26)14-21(19)28)34(22-6-4-3-5-20(22)27)23(32-29)9-10-25(33-30)36-16(2)17-11-12-31-24(35)13-17/h3-14H,1-2,29-30H2,(H,31,35)/b10-9+,32-23-,33-25-. The maximum atomic E-state index is 11.6. The summed E-state index contributed by atoms with van der Waals surface area (Å²) in [5.74, 6) is 11.6. The van der Waals surface area contributed by atoms with Crippen molar-refractivity contribution in [2.45, 2.75) is 0 Å². The summed E-state index contributed by atoms with van der Waals surface area (Å²) < 4.78 is 5.61. The molecule has 0 aliphatic heterocycles. The third-order valence-corrected chi connectivity index (χ3v) is 5.66. The van der Waals surface area contributed by atoms with Crippen LogP contribution in [0.2, 0.25) is 15.1 Å². The molecule has 36 heavy (non-hydrogen) atoms. The van der Waals surface area contributed by atoms with Crippen LogP contribution in [0.15, 0.2) is 101 Å². The van der Waals surface area contributed by atoms with Gasteiger partial charge in [-0.05, 0) is 42.5 Å². The number of hydrazone groups is 2. The quantitative estimate of drug-likeness (QED) is 0.118. The topological polar surface area (TPSA) is 122 Å². The number of ether oxygens (including phenoxy) is 1. The Morgan fingerprint density at radius 2 is 1.72 bits per heavy atom. The summed E-state index contributed by atoms with van der Waals surface area (Å²) in [6, 6.07) is 15.0.